The van der Waals surface area contributed by atoms with E-state index in [1.807, 2.05) is 30.2 Å². The average molecular weight is 247 g/mol. The van der Waals surface area contributed by atoms with Crippen molar-refractivity contribution in [2.75, 3.05) is 19.6 Å². The highest BCUT2D eigenvalue weighted by atomic mass is 16.2. The Hall–Kier alpha value is -1.42. The van der Waals surface area contributed by atoms with Crippen LogP contribution < -0.4 is 5.73 Å². The summed E-state index contributed by atoms with van der Waals surface area (Å²) in [5, 5.41) is 0. The van der Waals surface area contributed by atoms with Crippen LogP contribution in [0.3, 0.4) is 0 Å². The molecule has 1 atom stereocenters. The number of rotatable bonds is 4. The minimum Gasteiger partial charge on any atom is -0.342 e. The summed E-state index contributed by atoms with van der Waals surface area (Å²) in [7, 11) is 0. The molecule has 1 fully saturated rings. The molecule has 1 aromatic heterocycles. The first-order valence-electron chi connectivity index (χ1n) is 6.61. The van der Waals surface area contributed by atoms with E-state index in [1.165, 1.54) is 0 Å². The molecule has 0 aliphatic carbocycles. The molecule has 2 N–H and O–H groups in total. The fourth-order valence-corrected chi connectivity index (χ4v) is 2.37. The van der Waals surface area contributed by atoms with Crippen molar-refractivity contribution in [1.82, 2.24) is 9.88 Å². The zero-order valence-electron chi connectivity index (χ0n) is 10.9. The lowest BCUT2D eigenvalue weighted by Gasteiger charge is -2.22. The second kappa shape index (κ2) is 5.96. The van der Waals surface area contributed by atoms with Gasteiger partial charge in [-0.15, -0.1) is 0 Å². The lowest BCUT2D eigenvalue weighted by Crippen LogP contribution is -2.38. The van der Waals surface area contributed by atoms with Crippen molar-refractivity contribution in [3.05, 3.63) is 29.6 Å². The Balaban J connectivity index is 2.00. The Morgan fingerprint density at radius 1 is 1.44 bits per heavy atom. The van der Waals surface area contributed by atoms with E-state index in [0.29, 0.717) is 13.0 Å². The molecule has 0 spiro atoms. The van der Waals surface area contributed by atoms with Gasteiger partial charge in [-0.2, -0.15) is 0 Å². The van der Waals surface area contributed by atoms with Crippen molar-refractivity contribution in [2.24, 2.45) is 11.7 Å². The van der Waals surface area contributed by atoms with Gasteiger partial charge in [0.15, 0.2) is 0 Å². The normalized spacial score (nSPS) is 16.9. The molecule has 2 rings (SSSR count). The number of carbonyl (C=O) groups is 1. The first-order chi connectivity index (χ1) is 8.70. The summed E-state index contributed by atoms with van der Waals surface area (Å²) in [4.78, 5) is 18.5. The third-order valence-electron chi connectivity index (χ3n) is 3.51. The van der Waals surface area contributed by atoms with Crippen LogP contribution in [-0.2, 0) is 11.2 Å². The Morgan fingerprint density at radius 3 is 2.72 bits per heavy atom. The second-order valence-corrected chi connectivity index (χ2v) is 4.98. The maximum absolute atomic E-state index is 12.3. The standard InChI is InChI=1S/C14H21N3O/c1-11-4-5-12(10-16-11)8-13(9-15)14(18)17-6-2-3-7-17/h4-5,10,13H,2-3,6-9,15H2,1H3. The number of pyridine rings is 1. The van der Waals surface area contributed by atoms with Gasteiger partial charge in [0.05, 0.1) is 5.92 Å². The maximum Gasteiger partial charge on any atom is 0.227 e. The summed E-state index contributed by atoms with van der Waals surface area (Å²) in [6.45, 7) is 4.14. The van der Waals surface area contributed by atoms with Crippen molar-refractivity contribution >= 4 is 5.91 Å². The molecule has 0 bridgehead atoms. The van der Waals surface area contributed by atoms with Crippen molar-refractivity contribution in [2.45, 2.75) is 26.2 Å². The summed E-state index contributed by atoms with van der Waals surface area (Å²) < 4.78 is 0. The molecule has 1 unspecified atom stereocenters. The highest BCUT2D eigenvalue weighted by Gasteiger charge is 2.25. The Labute approximate surface area is 108 Å². The molecule has 0 radical (unpaired) electrons. The van der Waals surface area contributed by atoms with Gasteiger partial charge in [0.2, 0.25) is 5.91 Å². The lowest BCUT2D eigenvalue weighted by molar-refractivity contribution is -0.134. The number of aromatic nitrogens is 1. The van der Waals surface area contributed by atoms with Gasteiger partial charge in [-0.3, -0.25) is 9.78 Å². The van der Waals surface area contributed by atoms with Crippen molar-refractivity contribution in [3.63, 3.8) is 0 Å². The first kappa shape index (κ1) is 13.0. The Bertz CT molecular complexity index is 396. The molecule has 0 aromatic carbocycles. The van der Waals surface area contributed by atoms with E-state index in [1.54, 1.807) is 0 Å². The number of hydrogen-bond donors (Lipinski definition) is 1. The Kier molecular flexibility index (Phi) is 4.31. The van der Waals surface area contributed by atoms with Crippen LogP contribution in [-0.4, -0.2) is 35.4 Å². The molecule has 4 heteroatoms. The predicted molar refractivity (Wildman–Crippen MR) is 71.0 cm³/mol. The van der Waals surface area contributed by atoms with Crippen LogP contribution in [0.25, 0.3) is 0 Å². The van der Waals surface area contributed by atoms with E-state index in [-0.39, 0.29) is 11.8 Å². The fraction of sp³-hybridized carbons (Fsp3) is 0.571. The number of amides is 1. The molecule has 18 heavy (non-hydrogen) atoms. The van der Waals surface area contributed by atoms with Crippen molar-refractivity contribution in [3.8, 4) is 0 Å². The van der Waals surface area contributed by atoms with E-state index in [0.717, 1.165) is 37.2 Å². The van der Waals surface area contributed by atoms with Gasteiger partial charge in [-0.05, 0) is 37.8 Å². The molecule has 1 amide bonds. The molecule has 98 valence electrons. The molecule has 1 saturated heterocycles. The quantitative estimate of drug-likeness (QED) is 0.867. The van der Waals surface area contributed by atoms with Crippen LogP contribution in [0, 0.1) is 12.8 Å². The molecular weight excluding hydrogens is 226 g/mol. The van der Waals surface area contributed by atoms with Gasteiger partial charge < -0.3 is 10.6 Å². The molecule has 4 nitrogen and oxygen atoms in total. The van der Waals surface area contributed by atoms with Gasteiger partial charge >= 0.3 is 0 Å². The smallest absolute Gasteiger partial charge is 0.227 e. The Morgan fingerprint density at radius 2 is 2.17 bits per heavy atom. The number of nitrogens with two attached hydrogens (primary N) is 1. The fourth-order valence-electron chi connectivity index (χ4n) is 2.37. The topological polar surface area (TPSA) is 59.2 Å². The highest BCUT2D eigenvalue weighted by molar-refractivity contribution is 5.79. The van der Waals surface area contributed by atoms with Gasteiger partial charge in [0.1, 0.15) is 0 Å². The summed E-state index contributed by atoms with van der Waals surface area (Å²) >= 11 is 0. The second-order valence-electron chi connectivity index (χ2n) is 4.98. The maximum atomic E-state index is 12.3. The molecular formula is C14H21N3O. The molecule has 1 aliphatic heterocycles. The van der Waals surface area contributed by atoms with Crippen LogP contribution in [0.4, 0.5) is 0 Å². The van der Waals surface area contributed by atoms with Crippen LogP contribution in [0.1, 0.15) is 24.1 Å². The number of likely N-dealkylation sites (tertiary alicyclic amines) is 1. The minimum absolute atomic E-state index is 0.104. The first-order valence-corrected chi connectivity index (χ1v) is 6.61. The van der Waals surface area contributed by atoms with Gasteiger partial charge in [0.25, 0.3) is 0 Å². The van der Waals surface area contributed by atoms with E-state index in [9.17, 15) is 4.79 Å². The van der Waals surface area contributed by atoms with E-state index in [4.69, 9.17) is 5.73 Å². The third kappa shape index (κ3) is 3.07. The van der Waals surface area contributed by atoms with Crippen molar-refractivity contribution < 1.29 is 4.79 Å². The zero-order chi connectivity index (χ0) is 13.0. The van der Waals surface area contributed by atoms with Crippen LogP contribution in [0.2, 0.25) is 0 Å². The molecule has 1 aliphatic rings. The largest absolute Gasteiger partial charge is 0.342 e. The van der Waals surface area contributed by atoms with Crippen molar-refractivity contribution in [1.29, 1.82) is 0 Å². The molecule has 2 heterocycles. The summed E-state index contributed by atoms with van der Waals surface area (Å²) in [6, 6.07) is 4.01. The predicted octanol–water partition coefficient (Wildman–Crippen LogP) is 1.13. The zero-order valence-corrected chi connectivity index (χ0v) is 10.9. The average Bonchev–Trinajstić information content (AvgIpc) is 2.91. The molecule has 0 saturated carbocycles. The van der Waals surface area contributed by atoms with E-state index >= 15 is 0 Å². The minimum atomic E-state index is -0.104. The van der Waals surface area contributed by atoms with Crippen LogP contribution in [0.15, 0.2) is 18.3 Å². The molecule has 1 aromatic rings. The number of nitrogens with zero attached hydrogens (tertiary/aromatic N) is 2. The number of hydrogen-bond acceptors (Lipinski definition) is 3. The summed E-state index contributed by atoms with van der Waals surface area (Å²) in [5.41, 5.74) is 7.83. The van der Waals surface area contributed by atoms with Gasteiger partial charge in [0, 0.05) is 31.5 Å². The monoisotopic (exact) mass is 247 g/mol. The van der Waals surface area contributed by atoms with E-state index < -0.39 is 0 Å². The number of carbonyl (C=O) groups excluding carboxylic acids is 1. The summed E-state index contributed by atoms with van der Waals surface area (Å²) in [6.07, 6.45) is 4.78. The summed E-state index contributed by atoms with van der Waals surface area (Å²) in [5.74, 6) is 0.100. The van der Waals surface area contributed by atoms with Gasteiger partial charge in [-0.25, -0.2) is 0 Å². The third-order valence-corrected chi connectivity index (χ3v) is 3.51. The van der Waals surface area contributed by atoms with Crippen LogP contribution >= 0.6 is 0 Å². The van der Waals surface area contributed by atoms with Gasteiger partial charge in [-0.1, -0.05) is 6.07 Å². The highest BCUT2D eigenvalue weighted by Crippen LogP contribution is 2.15. The van der Waals surface area contributed by atoms with Crippen LogP contribution in [0.5, 0.6) is 0 Å². The SMILES string of the molecule is Cc1ccc(CC(CN)C(=O)N2CCCC2)cn1. The number of aryl methyl sites for hydroxylation is 1. The van der Waals surface area contributed by atoms with E-state index in [2.05, 4.69) is 4.98 Å². The lowest BCUT2D eigenvalue weighted by atomic mass is 9.99.